The van der Waals surface area contributed by atoms with Crippen LogP contribution in [-0.4, -0.2) is 72.4 Å². The van der Waals surface area contributed by atoms with Gasteiger partial charge in [-0.25, -0.2) is 0 Å². The number of hydrogen-bond donors (Lipinski definition) is 1. The number of ether oxygens (including phenoxy) is 1. The highest BCUT2D eigenvalue weighted by Crippen LogP contribution is 2.50. The lowest BCUT2D eigenvalue weighted by atomic mass is 9.57. The Morgan fingerprint density at radius 3 is 2.56 bits per heavy atom. The van der Waals surface area contributed by atoms with Crippen molar-refractivity contribution < 1.29 is 14.6 Å². The first-order valence-electron chi connectivity index (χ1n) is 14.0. The van der Waals surface area contributed by atoms with E-state index in [1.54, 1.807) is 0 Å². The fourth-order valence-electron chi connectivity index (χ4n) is 6.83. The number of fused-ring (bicyclic) bond motifs is 2. The highest BCUT2D eigenvalue weighted by molar-refractivity contribution is 5.66. The lowest BCUT2D eigenvalue weighted by Gasteiger charge is -2.52. The van der Waals surface area contributed by atoms with Crippen molar-refractivity contribution in [1.82, 2.24) is 9.80 Å². The molecule has 0 unspecified atom stereocenters. The predicted molar refractivity (Wildman–Crippen MR) is 144 cm³/mol. The van der Waals surface area contributed by atoms with Crippen LogP contribution in [-0.2, 0) is 22.4 Å². The zero-order chi connectivity index (χ0) is 25.9. The van der Waals surface area contributed by atoms with Gasteiger partial charge in [0.05, 0.1) is 12.0 Å². The van der Waals surface area contributed by atoms with E-state index in [9.17, 15) is 9.90 Å². The first kappa shape index (κ1) is 27.3. The predicted octanol–water partition coefficient (Wildman–Crippen LogP) is 4.41. The Balaban J connectivity index is 1.29. The lowest BCUT2D eigenvalue weighted by molar-refractivity contribution is -0.148. The second kappa shape index (κ2) is 11.8. The van der Waals surface area contributed by atoms with Crippen molar-refractivity contribution in [2.75, 3.05) is 39.8 Å². The van der Waals surface area contributed by atoms with Crippen molar-refractivity contribution in [2.45, 2.75) is 71.5 Å². The molecule has 0 amide bonds. The summed E-state index contributed by atoms with van der Waals surface area (Å²) in [4.78, 5) is 16.7. The zero-order valence-electron chi connectivity index (χ0n) is 23.0. The number of esters is 1. The van der Waals surface area contributed by atoms with E-state index < -0.39 is 11.7 Å². The molecule has 3 aliphatic rings. The minimum Gasteiger partial charge on any atom is -0.457 e. The standard InChI is InChI=1S/C31H46N2O3/c1-22-19-29-28(12-11-24(3)31(29,35)20-30(22)36-25(4)34)23(2)21-32(5)15-8-16-33-17-13-26-9-6-7-10-27(26)14-18-33/h6-7,9-10,19,23-24,28-30,35H,8,11-18,21H2,1-5H3/t23-,24-,28+,29-,30-,31-/m1/s1. The Hall–Kier alpha value is -1.69. The largest absolute Gasteiger partial charge is 0.457 e. The Bertz CT molecular complexity index is 903. The maximum absolute atomic E-state index is 11.7. The van der Waals surface area contributed by atoms with Crippen molar-refractivity contribution >= 4 is 5.97 Å². The molecule has 0 spiro atoms. The molecular weight excluding hydrogens is 448 g/mol. The third-order valence-corrected chi connectivity index (χ3v) is 9.01. The molecule has 1 aliphatic heterocycles. The third-order valence-electron chi connectivity index (χ3n) is 9.01. The molecule has 1 aromatic rings. The van der Waals surface area contributed by atoms with Gasteiger partial charge in [-0.3, -0.25) is 4.79 Å². The number of carbonyl (C=O) groups is 1. The number of hydrogen-bond acceptors (Lipinski definition) is 5. The van der Waals surface area contributed by atoms with Gasteiger partial charge in [-0.1, -0.05) is 44.2 Å². The molecule has 198 valence electrons. The van der Waals surface area contributed by atoms with Gasteiger partial charge in [0.15, 0.2) is 0 Å². The first-order valence-corrected chi connectivity index (χ1v) is 14.0. The van der Waals surface area contributed by atoms with Gasteiger partial charge in [0.1, 0.15) is 6.10 Å². The number of benzene rings is 1. The molecular formula is C31H46N2O3. The van der Waals surface area contributed by atoms with Crippen LogP contribution in [0.2, 0.25) is 0 Å². The molecule has 2 radical (unpaired) electrons. The van der Waals surface area contributed by atoms with Crippen LogP contribution in [0, 0.1) is 30.1 Å². The van der Waals surface area contributed by atoms with Gasteiger partial charge in [-0.2, -0.15) is 0 Å². The fourth-order valence-corrected chi connectivity index (χ4v) is 6.83. The summed E-state index contributed by atoms with van der Waals surface area (Å²) in [7, 11) is 2.24. The lowest BCUT2D eigenvalue weighted by Crippen LogP contribution is -2.56. The molecule has 0 bridgehead atoms. The van der Waals surface area contributed by atoms with Crippen LogP contribution in [0.1, 0.15) is 58.1 Å². The molecule has 5 heteroatoms. The van der Waals surface area contributed by atoms with Crippen molar-refractivity contribution in [3.05, 3.63) is 53.5 Å². The summed E-state index contributed by atoms with van der Waals surface area (Å²) in [6.07, 6.45) is 10.5. The van der Waals surface area contributed by atoms with E-state index in [0.29, 0.717) is 11.8 Å². The average Bonchev–Trinajstić information content (AvgIpc) is 3.03. The van der Waals surface area contributed by atoms with Crippen LogP contribution < -0.4 is 0 Å². The van der Waals surface area contributed by atoms with Crippen molar-refractivity contribution in [1.29, 1.82) is 0 Å². The molecule has 36 heavy (non-hydrogen) atoms. The summed E-state index contributed by atoms with van der Waals surface area (Å²) in [6.45, 7) is 13.4. The smallest absolute Gasteiger partial charge is 0.303 e. The van der Waals surface area contributed by atoms with E-state index in [1.165, 1.54) is 24.5 Å². The quantitative estimate of drug-likeness (QED) is 0.429. The van der Waals surface area contributed by atoms with Gasteiger partial charge in [0.25, 0.3) is 0 Å². The van der Waals surface area contributed by atoms with Gasteiger partial charge in [-0.15, -0.1) is 0 Å². The summed E-state index contributed by atoms with van der Waals surface area (Å²) in [5, 5.41) is 11.7. The van der Waals surface area contributed by atoms with Crippen molar-refractivity contribution in [3.8, 4) is 0 Å². The van der Waals surface area contributed by atoms with Gasteiger partial charge < -0.3 is 19.6 Å². The van der Waals surface area contributed by atoms with E-state index >= 15 is 0 Å². The molecule has 1 saturated carbocycles. The van der Waals surface area contributed by atoms with Crippen LogP contribution in [0.25, 0.3) is 0 Å². The fraction of sp³-hybridized carbons (Fsp3) is 0.677. The summed E-state index contributed by atoms with van der Waals surface area (Å²) in [6, 6.07) is 8.90. The molecule has 5 nitrogen and oxygen atoms in total. The van der Waals surface area contributed by atoms with E-state index in [-0.39, 0.29) is 17.8 Å². The summed E-state index contributed by atoms with van der Waals surface area (Å²) < 4.78 is 5.46. The van der Waals surface area contributed by atoms with Gasteiger partial charge in [-0.05, 0) is 93.6 Å². The summed E-state index contributed by atoms with van der Waals surface area (Å²) >= 11 is 0. The molecule has 1 fully saturated rings. The van der Waals surface area contributed by atoms with E-state index in [0.717, 1.165) is 64.0 Å². The molecule has 1 aromatic carbocycles. The zero-order valence-corrected chi connectivity index (χ0v) is 23.0. The molecule has 1 N–H and O–H groups in total. The normalized spacial score (nSPS) is 31.7. The third kappa shape index (κ3) is 6.23. The molecule has 0 aromatic heterocycles. The highest BCUT2D eigenvalue weighted by Gasteiger charge is 2.53. The van der Waals surface area contributed by atoms with E-state index in [4.69, 9.17) is 4.74 Å². The number of nitrogens with zero attached hydrogens (tertiary/aromatic N) is 2. The Kier molecular flexibility index (Phi) is 8.96. The van der Waals surface area contributed by atoms with Crippen LogP contribution in [0.5, 0.6) is 0 Å². The van der Waals surface area contributed by atoms with E-state index in [1.807, 2.05) is 6.92 Å². The summed E-state index contributed by atoms with van der Waals surface area (Å²) in [5.74, 6) is 0.643. The Morgan fingerprint density at radius 1 is 1.25 bits per heavy atom. The number of carbonyl (C=O) groups excluding carboxylic acids is 1. The van der Waals surface area contributed by atoms with Crippen LogP contribution in [0.3, 0.4) is 0 Å². The molecule has 6 atom stereocenters. The number of aliphatic hydroxyl groups is 1. The highest BCUT2D eigenvalue weighted by atomic mass is 16.5. The van der Waals surface area contributed by atoms with Gasteiger partial charge in [0.2, 0.25) is 0 Å². The molecule has 0 saturated heterocycles. The SMILES string of the molecule is CC(=O)O[C@@H]1[C][C@@]2(O)[C@H](C)CC[C@@H]([C@H](C)CN(C)CCCN3CCc4ccccc4CC3)[C@H]2C=C1C. The minimum atomic E-state index is -1.04. The van der Waals surface area contributed by atoms with Crippen molar-refractivity contribution in [3.63, 3.8) is 0 Å². The van der Waals surface area contributed by atoms with Crippen LogP contribution in [0.15, 0.2) is 35.9 Å². The van der Waals surface area contributed by atoms with Gasteiger partial charge >= 0.3 is 5.97 Å². The monoisotopic (exact) mass is 494 g/mol. The van der Waals surface area contributed by atoms with Crippen molar-refractivity contribution in [2.24, 2.45) is 23.7 Å². The maximum Gasteiger partial charge on any atom is 0.303 e. The first-order chi connectivity index (χ1) is 17.2. The Labute approximate surface area is 218 Å². The topological polar surface area (TPSA) is 53.0 Å². The molecule has 4 rings (SSSR count). The van der Waals surface area contributed by atoms with E-state index in [2.05, 4.69) is 67.5 Å². The summed E-state index contributed by atoms with van der Waals surface area (Å²) in [5.41, 5.74) is 2.99. The van der Waals surface area contributed by atoms with Crippen LogP contribution >= 0.6 is 0 Å². The Morgan fingerprint density at radius 2 is 1.92 bits per heavy atom. The molecule has 2 aliphatic carbocycles. The number of rotatable bonds is 8. The molecule has 1 heterocycles. The van der Waals surface area contributed by atoms with Gasteiger partial charge in [0, 0.05) is 32.5 Å². The second-order valence-electron chi connectivity index (χ2n) is 11.7. The average molecular weight is 495 g/mol. The maximum atomic E-state index is 11.7. The second-order valence-corrected chi connectivity index (χ2v) is 11.7. The van der Waals surface area contributed by atoms with Crippen LogP contribution in [0.4, 0.5) is 0 Å². The minimum absolute atomic E-state index is 0.0233.